The summed E-state index contributed by atoms with van der Waals surface area (Å²) in [5.74, 6) is -2.51. The maximum absolute atomic E-state index is 13.2. The molecule has 0 aliphatic carbocycles. The van der Waals surface area contributed by atoms with Crippen LogP contribution in [0.1, 0.15) is 15.9 Å². The molecule has 1 amide bonds. The number of carbonyl (C=O) groups excluding carboxylic acids is 1. The number of carbonyl (C=O) groups is 1. The number of aromatic nitrogens is 1. The van der Waals surface area contributed by atoms with Crippen LogP contribution in [-0.4, -0.2) is 25.7 Å². The van der Waals surface area contributed by atoms with Crippen LogP contribution in [0.15, 0.2) is 65.7 Å². The summed E-state index contributed by atoms with van der Waals surface area (Å²) in [7, 11) is -4.13. The molecule has 1 heterocycles. The fourth-order valence-electron chi connectivity index (χ4n) is 2.62. The van der Waals surface area contributed by atoms with E-state index < -0.39 is 51.2 Å². The van der Waals surface area contributed by atoms with Gasteiger partial charge >= 0.3 is 12.5 Å². The summed E-state index contributed by atoms with van der Waals surface area (Å²) in [5, 5.41) is 7.24. The number of anilines is 1. The number of pyridine rings is 1. The summed E-state index contributed by atoms with van der Waals surface area (Å²) in [6.07, 6.45) is -9.41. The first-order valence-corrected chi connectivity index (χ1v) is 10.7. The third kappa shape index (κ3) is 7.07. The molecule has 3 N–H and O–H groups in total. The summed E-state index contributed by atoms with van der Waals surface area (Å²) in [6, 6.07) is 8.84. The van der Waals surface area contributed by atoms with Gasteiger partial charge < -0.3 is 14.8 Å². The van der Waals surface area contributed by atoms with Crippen molar-refractivity contribution in [2.75, 3.05) is 5.32 Å². The third-order valence-electron chi connectivity index (χ3n) is 4.12. The van der Waals surface area contributed by atoms with E-state index in [9.17, 15) is 39.6 Å². The summed E-state index contributed by atoms with van der Waals surface area (Å²) in [5.41, 5.74) is -2.10. The van der Waals surface area contributed by atoms with Crippen molar-refractivity contribution in [1.82, 2.24) is 4.98 Å². The van der Waals surface area contributed by atoms with Crippen LogP contribution in [0, 0.1) is 0 Å². The number of ether oxygens (including phenoxy) is 2. The Balaban J connectivity index is 1.93. The lowest BCUT2D eigenvalue weighted by Gasteiger charge is -2.14. The molecule has 0 spiro atoms. The first-order valence-electron chi connectivity index (χ1n) is 9.17. The van der Waals surface area contributed by atoms with Crippen molar-refractivity contribution in [3.8, 4) is 17.4 Å². The minimum atomic E-state index is -4.94. The molecule has 0 fully saturated rings. The van der Waals surface area contributed by atoms with Gasteiger partial charge in [0.1, 0.15) is 17.1 Å². The van der Waals surface area contributed by atoms with Gasteiger partial charge in [0.15, 0.2) is 0 Å². The van der Waals surface area contributed by atoms with Crippen molar-refractivity contribution in [3.05, 3.63) is 71.9 Å². The van der Waals surface area contributed by atoms with Crippen LogP contribution in [-0.2, 0) is 16.2 Å². The van der Waals surface area contributed by atoms with Crippen molar-refractivity contribution in [2.24, 2.45) is 5.14 Å². The zero-order chi connectivity index (χ0) is 26.0. The van der Waals surface area contributed by atoms with E-state index in [-0.39, 0.29) is 16.3 Å². The molecule has 2 aromatic carbocycles. The van der Waals surface area contributed by atoms with Gasteiger partial charge in [-0.1, -0.05) is 6.07 Å². The van der Waals surface area contributed by atoms with Gasteiger partial charge in [0.25, 0.3) is 5.91 Å². The first-order chi connectivity index (χ1) is 16.1. The SMILES string of the molecule is NS(=O)(=O)c1cccc(NC(=O)c2cc(C(F)(F)F)cnc2Oc2ccc(OC(F)(F)F)cc2)c1. The maximum Gasteiger partial charge on any atom is 0.573 e. The van der Waals surface area contributed by atoms with Crippen molar-refractivity contribution in [3.63, 3.8) is 0 Å². The molecule has 3 rings (SSSR count). The number of amides is 1. The topological polar surface area (TPSA) is 121 Å². The highest BCUT2D eigenvalue weighted by molar-refractivity contribution is 7.89. The maximum atomic E-state index is 13.2. The molecule has 0 aliphatic heterocycles. The summed E-state index contributed by atoms with van der Waals surface area (Å²) < 4.78 is 108. The van der Waals surface area contributed by atoms with Crippen LogP contribution < -0.4 is 19.9 Å². The van der Waals surface area contributed by atoms with Gasteiger partial charge in [-0.2, -0.15) is 13.2 Å². The number of hydrogen-bond donors (Lipinski definition) is 2. The molecule has 0 bridgehead atoms. The first kappa shape index (κ1) is 25.8. The van der Waals surface area contributed by atoms with E-state index in [0.717, 1.165) is 36.4 Å². The van der Waals surface area contributed by atoms with Crippen molar-refractivity contribution in [1.29, 1.82) is 0 Å². The van der Waals surface area contributed by atoms with Crippen LogP contribution in [0.4, 0.5) is 32.0 Å². The van der Waals surface area contributed by atoms with E-state index in [1.165, 1.54) is 12.1 Å². The highest BCUT2D eigenvalue weighted by Gasteiger charge is 2.33. The molecule has 186 valence electrons. The second kappa shape index (κ2) is 9.42. The normalized spacial score (nSPS) is 12.2. The van der Waals surface area contributed by atoms with Crippen molar-refractivity contribution < 1.29 is 49.0 Å². The Morgan fingerprint density at radius 2 is 1.57 bits per heavy atom. The van der Waals surface area contributed by atoms with Gasteiger partial charge in [-0.25, -0.2) is 18.5 Å². The molecule has 0 saturated heterocycles. The number of rotatable bonds is 6. The molecule has 0 unspecified atom stereocenters. The lowest BCUT2D eigenvalue weighted by molar-refractivity contribution is -0.274. The second-order valence-electron chi connectivity index (χ2n) is 6.72. The zero-order valence-corrected chi connectivity index (χ0v) is 17.8. The molecule has 35 heavy (non-hydrogen) atoms. The average Bonchev–Trinajstić information content (AvgIpc) is 2.73. The van der Waals surface area contributed by atoms with E-state index in [0.29, 0.717) is 12.3 Å². The number of nitrogens with zero attached hydrogens (tertiary/aromatic N) is 1. The Kier molecular flexibility index (Phi) is 6.94. The third-order valence-corrected chi connectivity index (χ3v) is 5.03. The largest absolute Gasteiger partial charge is 0.573 e. The molecule has 1 aromatic heterocycles. The summed E-state index contributed by atoms with van der Waals surface area (Å²) in [4.78, 5) is 15.9. The van der Waals surface area contributed by atoms with E-state index in [1.54, 1.807) is 0 Å². The second-order valence-corrected chi connectivity index (χ2v) is 8.28. The number of benzene rings is 2. The number of hydrogen-bond acceptors (Lipinski definition) is 6. The molecule has 3 aromatic rings. The van der Waals surface area contributed by atoms with E-state index in [4.69, 9.17) is 9.88 Å². The Labute approximate surface area is 193 Å². The predicted molar refractivity (Wildman–Crippen MR) is 108 cm³/mol. The molecule has 15 heteroatoms. The molecule has 8 nitrogen and oxygen atoms in total. The van der Waals surface area contributed by atoms with Gasteiger partial charge in [-0.3, -0.25) is 4.79 Å². The number of alkyl halides is 6. The number of sulfonamides is 1. The quantitative estimate of drug-likeness (QED) is 0.454. The Hall–Kier alpha value is -3.85. The standard InChI is InChI=1S/C20H13F6N3O5S/c21-19(22,23)11-8-16(17(30)29-12-2-1-3-15(9-12)35(27,31)32)18(28-10-11)33-13-4-6-14(7-5-13)34-20(24,25)26/h1-10H,(H,29,30)(H2,27,31,32). The van der Waals surface area contributed by atoms with Crippen LogP contribution in [0.2, 0.25) is 0 Å². The minimum Gasteiger partial charge on any atom is -0.438 e. The average molecular weight is 521 g/mol. The van der Waals surface area contributed by atoms with Crippen LogP contribution in [0.25, 0.3) is 0 Å². The lowest BCUT2D eigenvalue weighted by Crippen LogP contribution is -2.17. The fraction of sp³-hybridized carbons (Fsp3) is 0.100. The van der Waals surface area contributed by atoms with Gasteiger partial charge in [0.2, 0.25) is 15.9 Å². The Morgan fingerprint density at radius 3 is 2.14 bits per heavy atom. The molecule has 0 atom stereocenters. The van der Waals surface area contributed by atoms with Crippen molar-refractivity contribution >= 4 is 21.6 Å². The number of primary sulfonamides is 1. The smallest absolute Gasteiger partial charge is 0.438 e. The Bertz CT molecular complexity index is 1340. The molecule has 0 aliphatic rings. The number of nitrogens with two attached hydrogens (primary N) is 1. The fourth-order valence-corrected chi connectivity index (χ4v) is 3.18. The number of halogens is 6. The van der Waals surface area contributed by atoms with Crippen LogP contribution in [0.5, 0.6) is 17.4 Å². The highest BCUT2D eigenvalue weighted by Crippen LogP contribution is 2.33. The van der Waals surface area contributed by atoms with Gasteiger partial charge in [0, 0.05) is 11.9 Å². The molecular formula is C20H13F6N3O5S. The van der Waals surface area contributed by atoms with Gasteiger partial charge in [-0.15, -0.1) is 13.2 Å². The van der Waals surface area contributed by atoms with Gasteiger partial charge in [-0.05, 0) is 48.5 Å². The van der Waals surface area contributed by atoms with Gasteiger partial charge in [0.05, 0.1) is 10.5 Å². The highest BCUT2D eigenvalue weighted by atomic mass is 32.2. The van der Waals surface area contributed by atoms with Crippen LogP contribution >= 0.6 is 0 Å². The summed E-state index contributed by atoms with van der Waals surface area (Å²) in [6.45, 7) is 0. The minimum absolute atomic E-state index is 0.112. The van der Waals surface area contributed by atoms with Crippen molar-refractivity contribution in [2.45, 2.75) is 17.4 Å². The van der Waals surface area contributed by atoms with E-state index in [1.807, 2.05) is 0 Å². The summed E-state index contributed by atoms with van der Waals surface area (Å²) >= 11 is 0. The molecule has 0 saturated carbocycles. The lowest BCUT2D eigenvalue weighted by atomic mass is 10.1. The predicted octanol–water partition coefficient (Wildman–Crippen LogP) is 4.69. The van der Waals surface area contributed by atoms with E-state index in [2.05, 4.69) is 15.0 Å². The molecule has 0 radical (unpaired) electrons. The van der Waals surface area contributed by atoms with Crippen LogP contribution in [0.3, 0.4) is 0 Å². The molecular weight excluding hydrogens is 508 g/mol. The zero-order valence-electron chi connectivity index (χ0n) is 17.0. The number of nitrogens with one attached hydrogen (secondary N) is 1. The van der Waals surface area contributed by atoms with E-state index >= 15 is 0 Å². The monoisotopic (exact) mass is 521 g/mol. The Morgan fingerprint density at radius 1 is 0.943 bits per heavy atom.